The van der Waals surface area contributed by atoms with Gasteiger partial charge in [0.1, 0.15) is 5.56 Å². The molecule has 0 radical (unpaired) electrons. The van der Waals surface area contributed by atoms with Gasteiger partial charge in [0.15, 0.2) is 17.4 Å². The van der Waals surface area contributed by atoms with Gasteiger partial charge in [-0.15, -0.1) is 0 Å². The molecule has 0 bridgehead atoms. The Kier molecular flexibility index (Phi) is 2.64. The summed E-state index contributed by atoms with van der Waals surface area (Å²) >= 11 is 0. The van der Waals surface area contributed by atoms with Gasteiger partial charge in [0, 0.05) is 0 Å². The number of rotatable bonds is 1. The van der Waals surface area contributed by atoms with Crippen LogP contribution in [0.1, 0.15) is 10.4 Å². The summed E-state index contributed by atoms with van der Waals surface area (Å²) < 4.78 is 42.3. The van der Waals surface area contributed by atoms with E-state index in [-0.39, 0.29) is 0 Å². The number of hydrogen-bond donors (Lipinski definition) is 1. The first kappa shape index (κ1) is 10.4. The van der Waals surface area contributed by atoms with Crippen molar-refractivity contribution in [3.63, 3.8) is 0 Å². The van der Waals surface area contributed by atoms with Gasteiger partial charge in [-0.25, -0.2) is 13.6 Å². The maximum atomic E-state index is 12.9. The largest absolute Gasteiger partial charge is 0.503 e. The third-order valence-electron chi connectivity index (χ3n) is 1.54. The van der Waals surface area contributed by atoms with Crippen LogP contribution in [0.15, 0.2) is 6.07 Å². The van der Waals surface area contributed by atoms with Crippen molar-refractivity contribution in [2.45, 2.75) is 0 Å². The van der Waals surface area contributed by atoms with E-state index in [1.165, 1.54) is 0 Å². The van der Waals surface area contributed by atoms with Crippen LogP contribution in [0.25, 0.3) is 0 Å². The van der Waals surface area contributed by atoms with Gasteiger partial charge >= 0.3 is 5.97 Å². The molecule has 0 saturated heterocycles. The average molecular weight is 206 g/mol. The summed E-state index contributed by atoms with van der Waals surface area (Å²) in [6.45, 7) is 0. The molecule has 0 fully saturated rings. The lowest BCUT2D eigenvalue weighted by Gasteiger charge is -2.04. The molecule has 14 heavy (non-hydrogen) atoms. The molecule has 0 saturated carbocycles. The van der Waals surface area contributed by atoms with E-state index in [0.717, 1.165) is 7.11 Å². The fraction of sp³-hybridized carbons (Fsp3) is 0.125. The Morgan fingerprint density at radius 1 is 1.36 bits per heavy atom. The van der Waals surface area contributed by atoms with Crippen LogP contribution in [-0.2, 0) is 4.74 Å². The molecule has 0 aromatic heterocycles. The number of hydrogen-bond acceptors (Lipinski definition) is 3. The van der Waals surface area contributed by atoms with Crippen LogP contribution in [-0.4, -0.2) is 18.2 Å². The SMILES string of the molecule is COC(=O)c1cc(F)c(O)c(F)c1F. The van der Waals surface area contributed by atoms with Crippen LogP contribution in [0.2, 0.25) is 0 Å². The van der Waals surface area contributed by atoms with E-state index >= 15 is 0 Å². The topological polar surface area (TPSA) is 46.5 Å². The lowest BCUT2D eigenvalue weighted by Crippen LogP contribution is -2.07. The second-order valence-electron chi connectivity index (χ2n) is 2.37. The molecule has 0 spiro atoms. The fourth-order valence-corrected chi connectivity index (χ4v) is 0.844. The third-order valence-corrected chi connectivity index (χ3v) is 1.54. The van der Waals surface area contributed by atoms with E-state index in [1.54, 1.807) is 0 Å². The van der Waals surface area contributed by atoms with Gasteiger partial charge < -0.3 is 9.84 Å². The molecule has 0 heterocycles. The molecular weight excluding hydrogens is 201 g/mol. The van der Waals surface area contributed by atoms with Gasteiger partial charge in [0.05, 0.1) is 7.11 Å². The van der Waals surface area contributed by atoms with Crippen molar-refractivity contribution >= 4 is 5.97 Å². The number of carbonyl (C=O) groups is 1. The molecule has 0 aliphatic rings. The zero-order valence-electron chi connectivity index (χ0n) is 6.97. The molecule has 0 aliphatic heterocycles. The predicted molar refractivity (Wildman–Crippen MR) is 39.3 cm³/mol. The standard InChI is InChI=1S/C8H5F3O3/c1-14-8(13)3-2-4(9)7(12)6(11)5(3)10/h2,12H,1H3. The molecule has 0 unspecified atom stereocenters. The highest BCUT2D eigenvalue weighted by Gasteiger charge is 2.22. The Morgan fingerprint density at radius 3 is 2.43 bits per heavy atom. The Balaban J connectivity index is 3.40. The number of benzene rings is 1. The minimum atomic E-state index is -1.81. The van der Waals surface area contributed by atoms with Crippen LogP contribution < -0.4 is 0 Å². The monoisotopic (exact) mass is 206 g/mol. The number of phenols is 1. The molecule has 1 rings (SSSR count). The molecule has 0 amide bonds. The van der Waals surface area contributed by atoms with E-state index in [9.17, 15) is 18.0 Å². The van der Waals surface area contributed by atoms with E-state index < -0.39 is 34.7 Å². The van der Waals surface area contributed by atoms with Crippen molar-refractivity contribution in [2.75, 3.05) is 7.11 Å². The minimum absolute atomic E-state index is 0.361. The second-order valence-corrected chi connectivity index (χ2v) is 2.37. The summed E-state index contributed by atoms with van der Waals surface area (Å²) in [4.78, 5) is 10.8. The van der Waals surface area contributed by atoms with Gasteiger partial charge in [-0.2, -0.15) is 4.39 Å². The Morgan fingerprint density at radius 2 is 1.93 bits per heavy atom. The molecule has 0 atom stereocenters. The van der Waals surface area contributed by atoms with Crippen molar-refractivity contribution in [1.29, 1.82) is 0 Å². The number of phenolic OH excluding ortho intramolecular Hbond substituents is 1. The van der Waals surface area contributed by atoms with Crippen LogP contribution in [0, 0.1) is 17.5 Å². The summed E-state index contributed by atoms with van der Waals surface area (Å²) in [6, 6.07) is 0.361. The van der Waals surface area contributed by atoms with Crippen molar-refractivity contribution < 1.29 is 27.8 Å². The van der Waals surface area contributed by atoms with Gasteiger partial charge in [-0.3, -0.25) is 0 Å². The van der Waals surface area contributed by atoms with Crippen molar-refractivity contribution in [3.8, 4) is 5.75 Å². The van der Waals surface area contributed by atoms with E-state index in [4.69, 9.17) is 5.11 Å². The van der Waals surface area contributed by atoms with Crippen molar-refractivity contribution in [1.82, 2.24) is 0 Å². The van der Waals surface area contributed by atoms with Gasteiger partial charge in [-0.05, 0) is 6.07 Å². The summed E-state index contributed by atoms with van der Waals surface area (Å²) in [7, 11) is 0.935. The number of aromatic hydroxyl groups is 1. The van der Waals surface area contributed by atoms with E-state index in [1.807, 2.05) is 0 Å². The van der Waals surface area contributed by atoms with Crippen molar-refractivity contribution in [3.05, 3.63) is 29.1 Å². The Hall–Kier alpha value is -1.72. The zero-order valence-corrected chi connectivity index (χ0v) is 6.97. The lowest BCUT2D eigenvalue weighted by atomic mass is 10.2. The lowest BCUT2D eigenvalue weighted by molar-refractivity contribution is 0.0593. The first-order valence-electron chi connectivity index (χ1n) is 3.43. The number of carbonyl (C=O) groups excluding carboxylic acids is 1. The summed E-state index contributed by atoms with van der Waals surface area (Å²) in [5.41, 5.74) is -0.902. The van der Waals surface area contributed by atoms with E-state index in [2.05, 4.69) is 4.74 Å². The highest BCUT2D eigenvalue weighted by molar-refractivity contribution is 5.89. The summed E-state index contributed by atoms with van der Waals surface area (Å²) in [6.07, 6.45) is 0. The van der Waals surface area contributed by atoms with Gasteiger partial charge in [-0.1, -0.05) is 0 Å². The summed E-state index contributed by atoms with van der Waals surface area (Å²) in [5.74, 6) is -7.57. The Bertz CT molecular complexity index is 390. The molecular formula is C8H5F3O3. The maximum Gasteiger partial charge on any atom is 0.341 e. The van der Waals surface area contributed by atoms with Crippen LogP contribution in [0.4, 0.5) is 13.2 Å². The molecule has 6 heteroatoms. The number of methoxy groups -OCH3 is 1. The molecule has 1 aromatic carbocycles. The van der Waals surface area contributed by atoms with Gasteiger partial charge in [0.2, 0.25) is 5.82 Å². The summed E-state index contributed by atoms with van der Waals surface area (Å²) in [5, 5.41) is 8.62. The maximum absolute atomic E-state index is 12.9. The number of esters is 1. The molecule has 3 nitrogen and oxygen atoms in total. The molecule has 1 N–H and O–H groups in total. The average Bonchev–Trinajstić information content (AvgIpc) is 2.19. The first-order valence-corrected chi connectivity index (χ1v) is 3.43. The van der Waals surface area contributed by atoms with Crippen molar-refractivity contribution in [2.24, 2.45) is 0 Å². The van der Waals surface area contributed by atoms with Crippen LogP contribution in [0.3, 0.4) is 0 Å². The van der Waals surface area contributed by atoms with Gasteiger partial charge in [0.25, 0.3) is 0 Å². The quantitative estimate of drug-likeness (QED) is 0.560. The third kappa shape index (κ3) is 1.50. The number of ether oxygens (including phenoxy) is 1. The highest BCUT2D eigenvalue weighted by atomic mass is 19.2. The normalized spacial score (nSPS) is 10.0. The molecule has 1 aromatic rings. The van der Waals surface area contributed by atoms with Crippen LogP contribution in [0.5, 0.6) is 5.75 Å². The highest BCUT2D eigenvalue weighted by Crippen LogP contribution is 2.25. The molecule has 0 aliphatic carbocycles. The second kappa shape index (κ2) is 3.57. The smallest absolute Gasteiger partial charge is 0.341 e. The minimum Gasteiger partial charge on any atom is -0.503 e. The predicted octanol–water partition coefficient (Wildman–Crippen LogP) is 1.60. The molecule has 76 valence electrons. The zero-order chi connectivity index (χ0) is 10.9. The van der Waals surface area contributed by atoms with E-state index in [0.29, 0.717) is 6.07 Å². The van der Waals surface area contributed by atoms with Crippen LogP contribution >= 0.6 is 0 Å². The first-order chi connectivity index (χ1) is 6.49. The Labute approximate surface area is 76.7 Å². The number of halogens is 3. The fourth-order valence-electron chi connectivity index (χ4n) is 0.844.